The zero-order valence-corrected chi connectivity index (χ0v) is 12.3. The number of thiol groups is 1. The Morgan fingerprint density at radius 1 is 1.44 bits per heavy atom. The molecule has 0 fully saturated rings. The summed E-state index contributed by atoms with van der Waals surface area (Å²) >= 11 is 20.3. The summed E-state index contributed by atoms with van der Waals surface area (Å²) < 4.78 is -2.06. The van der Waals surface area contributed by atoms with Gasteiger partial charge in [0.2, 0.25) is 5.78 Å². The summed E-state index contributed by atoms with van der Waals surface area (Å²) in [6.45, 7) is 0. The van der Waals surface area contributed by atoms with E-state index in [1.165, 1.54) is 12.3 Å². The summed E-state index contributed by atoms with van der Waals surface area (Å²) in [6.07, 6.45) is -0.376. The van der Waals surface area contributed by atoms with Crippen LogP contribution >= 0.6 is 47.4 Å². The van der Waals surface area contributed by atoms with Gasteiger partial charge in [0.25, 0.3) is 3.79 Å². The second-order valence-corrected chi connectivity index (χ2v) is 6.43. The van der Waals surface area contributed by atoms with Crippen molar-refractivity contribution >= 4 is 53.2 Å². The lowest BCUT2D eigenvalue weighted by Crippen LogP contribution is -2.19. The lowest BCUT2D eigenvalue weighted by atomic mass is 10.1. The number of halogens is 3. The van der Waals surface area contributed by atoms with E-state index in [2.05, 4.69) is 17.6 Å². The van der Waals surface area contributed by atoms with Gasteiger partial charge in [-0.2, -0.15) is 12.6 Å². The average Bonchev–Trinajstić information content (AvgIpc) is 2.75. The molecule has 1 heterocycles. The summed E-state index contributed by atoms with van der Waals surface area (Å²) in [6, 6.07) is 1.34. The highest BCUT2D eigenvalue weighted by Crippen LogP contribution is 2.31. The molecule has 3 N–H and O–H groups in total. The van der Waals surface area contributed by atoms with E-state index in [4.69, 9.17) is 34.8 Å². The Kier molecular flexibility index (Phi) is 5.83. The van der Waals surface area contributed by atoms with E-state index in [1.807, 2.05) is 0 Å². The number of Topliss-reactive ketones (excluding diaryl/α,β-unsaturated/α-hetero) is 1. The molecule has 0 aromatic carbocycles. The first-order valence-corrected chi connectivity index (χ1v) is 6.81. The maximum atomic E-state index is 11.6. The SMILES string of the molecule is O=C(c1cc(C(O)C(O)CCS)c[nH]1)C(Cl)(Cl)Cl. The van der Waals surface area contributed by atoms with E-state index >= 15 is 0 Å². The van der Waals surface area contributed by atoms with E-state index in [9.17, 15) is 15.0 Å². The first-order valence-electron chi connectivity index (χ1n) is 5.04. The van der Waals surface area contributed by atoms with Crippen molar-refractivity contribution in [1.29, 1.82) is 0 Å². The number of nitrogens with one attached hydrogen (secondary N) is 1. The second kappa shape index (κ2) is 6.50. The third-order valence-corrected chi connectivity index (χ3v) is 3.11. The minimum Gasteiger partial charge on any atom is -0.390 e. The van der Waals surface area contributed by atoms with E-state index in [0.717, 1.165) is 0 Å². The van der Waals surface area contributed by atoms with E-state index in [0.29, 0.717) is 17.7 Å². The van der Waals surface area contributed by atoms with Crippen LogP contribution < -0.4 is 0 Å². The van der Waals surface area contributed by atoms with Crippen LogP contribution in [-0.4, -0.2) is 36.6 Å². The van der Waals surface area contributed by atoms with Crippen molar-refractivity contribution in [2.75, 3.05) is 5.75 Å². The van der Waals surface area contributed by atoms with Gasteiger partial charge in [0.1, 0.15) is 6.10 Å². The first kappa shape index (κ1) is 16.1. The number of alkyl halides is 3. The van der Waals surface area contributed by atoms with E-state index in [-0.39, 0.29) is 5.69 Å². The molecule has 0 aliphatic heterocycles. The molecule has 0 aliphatic rings. The number of rotatable bonds is 5. The molecule has 0 aliphatic carbocycles. The number of carbonyl (C=O) groups is 1. The van der Waals surface area contributed by atoms with Gasteiger partial charge in [0, 0.05) is 11.8 Å². The molecule has 102 valence electrons. The molecule has 1 rings (SSSR count). The third kappa shape index (κ3) is 4.05. The molecule has 8 heteroatoms. The summed E-state index contributed by atoms with van der Waals surface area (Å²) in [5, 5.41) is 19.4. The van der Waals surface area contributed by atoms with Gasteiger partial charge in [-0.05, 0) is 18.2 Å². The van der Waals surface area contributed by atoms with Crippen LogP contribution in [0.15, 0.2) is 12.3 Å². The predicted molar refractivity (Wildman–Crippen MR) is 74.8 cm³/mol. The van der Waals surface area contributed by atoms with Crippen molar-refractivity contribution in [2.45, 2.75) is 22.4 Å². The summed E-state index contributed by atoms with van der Waals surface area (Å²) in [5.74, 6) is -0.294. The number of aliphatic hydroxyl groups is 2. The largest absolute Gasteiger partial charge is 0.390 e. The predicted octanol–water partition coefficient (Wildman–Crippen LogP) is 2.28. The monoisotopic (exact) mass is 331 g/mol. The molecule has 18 heavy (non-hydrogen) atoms. The van der Waals surface area contributed by atoms with Crippen LogP contribution in [0.2, 0.25) is 0 Å². The Balaban J connectivity index is 2.83. The molecule has 1 aromatic rings. The van der Waals surface area contributed by atoms with Gasteiger partial charge in [0.05, 0.1) is 11.8 Å². The van der Waals surface area contributed by atoms with Gasteiger partial charge in [-0.1, -0.05) is 34.8 Å². The molecule has 0 spiro atoms. The van der Waals surface area contributed by atoms with E-state index < -0.39 is 21.8 Å². The minimum atomic E-state index is -2.06. The van der Waals surface area contributed by atoms with E-state index in [1.54, 1.807) is 0 Å². The summed E-state index contributed by atoms with van der Waals surface area (Å²) in [5.41, 5.74) is 0.406. The molecule has 0 amide bonds. The summed E-state index contributed by atoms with van der Waals surface area (Å²) in [4.78, 5) is 14.2. The van der Waals surface area contributed by atoms with Crippen LogP contribution in [0, 0.1) is 0 Å². The Labute approximate surface area is 125 Å². The van der Waals surface area contributed by atoms with Gasteiger partial charge >= 0.3 is 0 Å². The number of H-pyrrole nitrogens is 1. The highest BCUT2D eigenvalue weighted by Gasteiger charge is 2.33. The number of carbonyl (C=O) groups excluding carboxylic acids is 1. The number of aromatic amines is 1. The fraction of sp³-hybridized carbons (Fsp3) is 0.500. The number of hydrogen-bond acceptors (Lipinski definition) is 4. The van der Waals surface area contributed by atoms with Crippen molar-refractivity contribution in [1.82, 2.24) is 4.98 Å². The number of aliphatic hydroxyl groups excluding tert-OH is 2. The molecule has 4 nitrogen and oxygen atoms in total. The Morgan fingerprint density at radius 2 is 2.06 bits per heavy atom. The summed E-state index contributed by atoms with van der Waals surface area (Å²) in [7, 11) is 0. The molecule has 1 aromatic heterocycles. The van der Waals surface area contributed by atoms with Gasteiger partial charge in [-0.15, -0.1) is 0 Å². The molecule has 2 unspecified atom stereocenters. The van der Waals surface area contributed by atoms with Crippen molar-refractivity contribution in [3.8, 4) is 0 Å². The minimum absolute atomic E-state index is 0.0575. The normalized spacial score (nSPS) is 15.4. The van der Waals surface area contributed by atoms with Crippen LogP contribution in [0.25, 0.3) is 0 Å². The molecule has 0 saturated heterocycles. The number of aromatic nitrogens is 1. The highest BCUT2D eigenvalue weighted by molar-refractivity contribution is 7.80. The first-order chi connectivity index (χ1) is 8.27. The maximum Gasteiger partial charge on any atom is 0.254 e. The van der Waals surface area contributed by atoms with Gasteiger partial charge in [-0.25, -0.2) is 0 Å². The fourth-order valence-corrected chi connectivity index (χ4v) is 1.95. The fourth-order valence-electron chi connectivity index (χ4n) is 1.38. The molecule has 0 saturated carbocycles. The quantitative estimate of drug-likeness (QED) is 0.380. The molecule has 0 radical (unpaired) electrons. The average molecular weight is 333 g/mol. The van der Waals surface area contributed by atoms with Crippen molar-refractivity contribution < 1.29 is 15.0 Å². The highest BCUT2D eigenvalue weighted by atomic mass is 35.6. The van der Waals surface area contributed by atoms with Crippen molar-refractivity contribution in [3.05, 3.63) is 23.5 Å². The van der Waals surface area contributed by atoms with Crippen LogP contribution in [0.4, 0.5) is 0 Å². The maximum absolute atomic E-state index is 11.6. The molecule has 2 atom stereocenters. The van der Waals surface area contributed by atoms with Crippen LogP contribution in [-0.2, 0) is 0 Å². The number of ketones is 1. The van der Waals surface area contributed by atoms with Gasteiger partial charge in [-0.3, -0.25) is 4.79 Å². The smallest absolute Gasteiger partial charge is 0.254 e. The topological polar surface area (TPSA) is 73.3 Å². The second-order valence-electron chi connectivity index (χ2n) is 3.70. The van der Waals surface area contributed by atoms with Crippen LogP contribution in [0.1, 0.15) is 28.6 Å². The lowest BCUT2D eigenvalue weighted by molar-refractivity contribution is 0.0173. The van der Waals surface area contributed by atoms with Crippen molar-refractivity contribution in [3.63, 3.8) is 0 Å². The zero-order chi connectivity index (χ0) is 13.9. The Hall–Kier alpha value is 0.0900. The van der Waals surface area contributed by atoms with Crippen molar-refractivity contribution in [2.24, 2.45) is 0 Å². The van der Waals surface area contributed by atoms with Gasteiger partial charge in [0.15, 0.2) is 0 Å². The van der Waals surface area contributed by atoms with Crippen LogP contribution in [0.3, 0.4) is 0 Å². The standard InChI is InChI=1S/C10H12Cl3NO3S/c11-10(12,13)9(17)6-3-5(4-14-6)8(16)7(15)1-2-18/h3-4,7-8,14-16,18H,1-2H2. The molecule has 0 bridgehead atoms. The lowest BCUT2D eigenvalue weighted by Gasteiger charge is -2.15. The zero-order valence-electron chi connectivity index (χ0n) is 9.11. The Morgan fingerprint density at radius 3 is 2.56 bits per heavy atom. The third-order valence-electron chi connectivity index (χ3n) is 2.34. The molecular formula is C10H12Cl3NO3S. The van der Waals surface area contributed by atoms with Crippen LogP contribution in [0.5, 0.6) is 0 Å². The Bertz CT molecular complexity index is 419. The molecular weight excluding hydrogens is 321 g/mol. The van der Waals surface area contributed by atoms with Gasteiger partial charge < -0.3 is 15.2 Å². The number of hydrogen-bond donors (Lipinski definition) is 4.